The Bertz CT molecular complexity index is 462. The molecule has 4 nitrogen and oxygen atoms in total. The van der Waals surface area contributed by atoms with Crippen molar-refractivity contribution in [1.82, 2.24) is 5.32 Å². The molecule has 114 valence electrons. The first kappa shape index (κ1) is 15.8. The van der Waals surface area contributed by atoms with E-state index in [4.69, 9.17) is 10.00 Å². The molecule has 0 saturated heterocycles. The number of hydrogen-bond donors (Lipinski definition) is 2. The highest BCUT2D eigenvalue weighted by atomic mass is 16.5. The van der Waals surface area contributed by atoms with Crippen molar-refractivity contribution in [3.8, 4) is 11.8 Å². The zero-order valence-electron chi connectivity index (χ0n) is 12.4. The van der Waals surface area contributed by atoms with E-state index in [-0.39, 0.29) is 6.61 Å². The van der Waals surface area contributed by atoms with Crippen LogP contribution in [-0.2, 0) is 0 Å². The summed E-state index contributed by atoms with van der Waals surface area (Å²) in [5.74, 6) is 0.627. The highest BCUT2D eigenvalue weighted by Gasteiger charge is 2.13. The Hall–Kier alpha value is -1.57. The second-order valence-electron chi connectivity index (χ2n) is 5.70. The van der Waals surface area contributed by atoms with Crippen LogP contribution in [0.4, 0.5) is 0 Å². The zero-order valence-corrected chi connectivity index (χ0v) is 12.4. The molecule has 1 atom stereocenters. The van der Waals surface area contributed by atoms with E-state index in [1.807, 2.05) is 0 Å². The Morgan fingerprint density at radius 2 is 2.05 bits per heavy atom. The fourth-order valence-corrected chi connectivity index (χ4v) is 2.69. The number of aliphatic hydroxyl groups is 1. The number of hydrogen-bond acceptors (Lipinski definition) is 4. The lowest BCUT2D eigenvalue weighted by Gasteiger charge is -2.19. The molecule has 0 radical (unpaired) electrons. The third kappa shape index (κ3) is 5.74. The Labute approximate surface area is 126 Å². The average molecular weight is 288 g/mol. The second-order valence-corrected chi connectivity index (χ2v) is 5.70. The zero-order chi connectivity index (χ0) is 14.9. The molecule has 1 unspecified atom stereocenters. The molecule has 1 aromatic rings. The summed E-state index contributed by atoms with van der Waals surface area (Å²) in [5.41, 5.74) is 0.568. The lowest BCUT2D eigenvalue weighted by molar-refractivity contribution is 0.103. The van der Waals surface area contributed by atoms with Gasteiger partial charge in [-0.3, -0.25) is 0 Å². The van der Waals surface area contributed by atoms with Gasteiger partial charge in [-0.2, -0.15) is 5.26 Å². The maximum atomic E-state index is 9.99. The van der Waals surface area contributed by atoms with Crippen molar-refractivity contribution >= 4 is 0 Å². The van der Waals surface area contributed by atoms with Gasteiger partial charge in [0.1, 0.15) is 18.5 Å². The first-order chi connectivity index (χ1) is 10.3. The molecule has 0 aromatic heterocycles. The van der Waals surface area contributed by atoms with E-state index in [1.54, 1.807) is 24.3 Å². The molecule has 0 bridgehead atoms. The summed E-state index contributed by atoms with van der Waals surface area (Å²) < 4.78 is 5.53. The van der Waals surface area contributed by atoms with Crippen LogP contribution < -0.4 is 10.1 Å². The van der Waals surface area contributed by atoms with E-state index >= 15 is 0 Å². The van der Waals surface area contributed by atoms with Gasteiger partial charge < -0.3 is 15.2 Å². The van der Waals surface area contributed by atoms with Crippen molar-refractivity contribution in [2.24, 2.45) is 0 Å². The summed E-state index contributed by atoms with van der Waals surface area (Å²) in [5, 5.41) is 22.2. The largest absolute Gasteiger partial charge is 0.491 e. The monoisotopic (exact) mass is 288 g/mol. The van der Waals surface area contributed by atoms with Crippen LogP contribution in [0.25, 0.3) is 0 Å². The Morgan fingerprint density at radius 1 is 1.29 bits per heavy atom. The lowest BCUT2D eigenvalue weighted by Crippen LogP contribution is -2.37. The number of ether oxygens (including phenoxy) is 1. The molecule has 0 aliphatic heterocycles. The molecule has 0 heterocycles. The van der Waals surface area contributed by atoms with Crippen LogP contribution in [0.3, 0.4) is 0 Å². The van der Waals surface area contributed by atoms with Gasteiger partial charge in [0.2, 0.25) is 0 Å². The van der Waals surface area contributed by atoms with Crippen LogP contribution in [-0.4, -0.2) is 30.4 Å². The molecule has 2 N–H and O–H groups in total. The summed E-state index contributed by atoms with van der Waals surface area (Å²) in [6, 6.07) is 9.60. The summed E-state index contributed by atoms with van der Waals surface area (Å²) in [4.78, 5) is 0. The van der Waals surface area contributed by atoms with E-state index in [1.165, 1.54) is 38.5 Å². The van der Waals surface area contributed by atoms with Crippen molar-refractivity contribution in [1.29, 1.82) is 5.26 Å². The maximum absolute atomic E-state index is 9.99. The van der Waals surface area contributed by atoms with Crippen molar-refractivity contribution in [2.75, 3.05) is 13.2 Å². The number of nitriles is 1. The maximum Gasteiger partial charge on any atom is 0.120 e. The topological polar surface area (TPSA) is 65.3 Å². The van der Waals surface area contributed by atoms with Crippen molar-refractivity contribution in [2.45, 2.75) is 50.7 Å². The SMILES string of the molecule is N#Cc1cccc(OCC(O)CNC2CCCCCC2)c1. The van der Waals surface area contributed by atoms with Crippen molar-refractivity contribution in [3.05, 3.63) is 29.8 Å². The third-order valence-corrected chi connectivity index (χ3v) is 3.90. The molecule has 2 rings (SSSR count). The first-order valence-corrected chi connectivity index (χ1v) is 7.82. The van der Waals surface area contributed by atoms with Gasteiger partial charge in [-0.1, -0.05) is 31.7 Å². The van der Waals surface area contributed by atoms with Crippen molar-refractivity contribution < 1.29 is 9.84 Å². The summed E-state index contributed by atoms with van der Waals surface area (Å²) in [6.07, 6.45) is 7.11. The van der Waals surface area contributed by atoms with Gasteiger partial charge in [0.05, 0.1) is 11.6 Å². The molecule has 1 saturated carbocycles. The number of nitrogens with zero attached hydrogens (tertiary/aromatic N) is 1. The fraction of sp³-hybridized carbons (Fsp3) is 0.588. The Balaban J connectivity index is 1.69. The first-order valence-electron chi connectivity index (χ1n) is 7.82. The van der Waals surface area contributed by atoms with E-state index < -0.39 is 6.10 Å². The second kappa shape index (κ2) is 8.66. The van der Waals surface area contributed by atoms with Crippen LogP contribution in [0, 0.1) is 11.3 Å². The molecule has 0 amide bonds. The van der Waals surface area contributed by atoms with Crippen molar-refractivity contribution in [3.63, 3.8) is 0 Å². The van der Waals surface area contributed by atoms with E-state index in [2.05, 4.69) is 11.4 Å². The lowest BCUT2D eigenvalue weighted by atomic mass is 10.1. The van der Waals surface area contributed by atoms with Crippen LogP contribution in [0.5, 0.6) is 5.75 Å². The van der Waals surface area contributed by atoms with E-state index in [0.29, 0.717) is 23.9 Å². The molecular formula is C17H24N2O2. The highest BCUT2D eigenvalue weighted by Crippen LogP contribution is 2.17. The minimum atomic E-state index is -0.529. The highest BCUT2D eigenvalue weighted by molar-refractivity contribution is 5.36. The molecule has 1 aliphatic rings. The molecule has 21 heavy (non-hydrogen) atoms. The number of benzene rings is 1. The summed E-state index contributed by atoms with van der Waals surface area (Å²) >= 11 is 0. The minimum absolute atomic E-state index is 0.245. The van der Waals surface area contributed by atoms with Crippen LogP contribution >= 0.6 is 0 Å². The molecule has 0 spiro atoms. The minimum Gasteiger partial charge on any atom is -0.491 e. The quantitative estimate of drug-likeness (QED) is 0.790. The van der Waals surface area contributed by atoms with Gasteiger partial charge in [-0.25, -0.2) is 0 Å². The van der Waals surface area contributed by atoms with Gasteiger partial charge >= 0.3 is 0 Å². The summed E-state index contributed by atoms with van der Waals surface area (Å²) in [7, 11) is 0. The van der Waals surface area contributed by atoms with Crippen LogP contribution in [0.15, 0.2) is 24.3 Å². The number of nitrogens with one attached hydrogen (secondary N) is 1. The van der Waals surface area contributed by atoms with E-state index in [0.717, 1.165) is 0 Å². The standard InChI is InChI=1S/C17H24N2O2/c18-11-14-6-5-9-17(10-14)21-13-16(20)12-19-15-7-3-1-2-4-8-15/h5-6,9-10,15-16,19-20H,1-4,7-8,12-13H2. The van der Waals surface area contributed by atoms with Crippen LogP contribution in [0.2, 0.25) is 0 Å². The molecular weight excluding hydrogens is 264 g/mol. The van der Waals surface area contributed by atoms with Gasteiger partial charge in [-0.05, 0) is 31.0 Å². The smallest absolute Gasteiger partial charge is 0.120 e. The molecule has 4 heteroatoms. The average Bonchev–Trinajstić information content (AvgIpc) is 2.80. The van der Waals surface area contributed by atoms with Crippen LogP contribution in [0.1, 0.15) is 44.1 Å². The predicted octanol–water partition coefficient (Wildman–Crippen LogP) is 2.61. The molecule has 1 fully saturated rings. The van der Waals surface area contributed by atoms with Gasteiger partial charge in [-0.15, -0.1) is 0 Å². The Morgan fingerprint density at radius 3 is 2.76 bits per heavy atom. The van der Waals surface area contributed by atoms with Gasteiger partial charge in [0, 0.05) is 12.6 Å². The number of rotatable bonds is 6. The molecule has 1 aromatic carbocycles. The van der Waals surface area contributed by atoms with E-state index in [9.17, 15) is 5.11 Å². The number of aliphatic hydroxyl groups excluding tert-OH is 1. The van der Waals surface area contributed by atoms with Gasteiger partial charge in [0.15, 0.2) is 0 Å². The molecule has 1 aliphatic carbocycles. The normalized spacial score (nSPS) is 17.7. The summed E-state index contributed by atoms with van der Waals surface area (Å²) in [6.45, 7) is 0.803. The Kier molecular flexibility index (Phi) is 6.52. The predicted molar refractivity (Wildman–Crippen MR) is 82.2 cm³/mol. The van der Waals surface area contributed by atoms with Gasteiger partial charge in [0.25, 0.3) is 0 Å². The fourth-order valence-electron chi connectivity index (χ4n) is 2.69. The third-order valence-electron chi connectivity index (χ3n) is 3.90.